The first-order chi connectivity index (χ1) is 7.58. The molecule has 2 heteroatoms. The van der Waals surface area contributed by atoms with E-state index < -0.39 is 0 Å². The van der Waals surface area contributed by atoms with Gasteiger partial charge in [-0.25, -0.2) is 4.98 Å². The lowest BCUT2D eigenvalue weighted by Gasteiger charge is -2.00. The Morgan fingerprint density at radius 3 is 2.69 bits per heavy atom. The molecule has 0 spiro atoms. The highest BCUT2D eigenvalue weighted by molar-refractivity contribution is 5.79. The van der Waals surface area contributed by atoms with Gasteiger partial charge in [-0.1, -0.05) is 19.9 Å². The molecule has 1 aromatic heterocycles. The first-order valence-electron chi connectivity index (χ1n) is 6.02. The average Bonchev–Trinajstić information content (AvgIpc) is 2.64. The maximum absolute atomic E-state index is 4.69. The summed E-state index contributed by atoms with van der Waals surface area (Å²) in [5, 5.41) is 0. The summed E-state index contributed by atoms with van der Waals surface area (Å²) in [4.78, 5) is 8.10. The molecule has 2 nitrogen and oxygen atoms in total. The molecule has 1 heterocycles. The largest absolute Gasteiger partial charge is 0.342 e. The van der Waals surface area contributed by atoms with Crippen LogP contribution in [0.15, 0.2) is 12.1 Å². The van der Waals surface area contributed by atoms with Crippen LogP contribution in [0, 0.1) is 19.8 Å². The van der Waals surface area contributed by atoms with Crippen LogP contribution in [-0.4, -0.2) is 9.97 Å². The number of hydrogen-bond donors (Lipinski definition) is 1. The first kappa shape index (κ1) is 11.2. The Labute approximate surface area is 97.1 Å². The molecule has 0 aliphatic heterocycles. The lowest BCUT2D eigenvalue weighted by molar-refractivity contribution is 0.577. The van der Waals surface area contributed by atoms with E-state index in [1.807, 2.05) is 0 Å². The summed E-state index contributed by atoms with van der Waals surface area (Å²) in [6.07, 6.45) is 2.24. The third-order valence-corrected chi connectivity index (χ3v) is 3.19. The molecule has 0 amide bonds. The van der Waals surface area contributed by atoms with Crippen molar-refractivity contribution in [1.29, 1.82) is 0 Å². The number of aromatic amines is 1. The predicted molar refractivity (Wildman–Crippen MR) is 68.7 cm³/mol. The molecule has 0 saturated carbocycles. The Bertz CT molecular complexity index is 495. The molecule has 0 aliphatic rings. The van der Waals surface area contributed by atoms with Crippen molar-refractivity contribution < 1.29 is 0 Å². The van der Waals surface area contributed by atoms with Crippen LogP contribution >= 0.6 is 0 Å². The molecule has 0 saturated heterocycles. The Morgan fingerprint density at radius 2 is 2.00 bits per heavy atom. The number of imidazole rings is 1. The molecule has 16 heavy (non-hydrogen) atoms. The van der Waals surface area contributed by atoms with Crippen LogP contribution in [0.5, 0.6) is 0 Å². The zero-order valence-electron chi connectivity index (χ0n) is 10.6. The Balaban J connectivity index is 2.33. The summed E-state index contributed by atoms with van der Waals surface area (Å²) < 4.78 is 0. The van der Waals surface area contributed by atoms with Crippen LogP contribution in [0.25, 0.3) is 11.0 Å². The molecule has 0 fully saturated rings. The molecular formula is C14H20N2. The molecule has 1 N–H and O–H groups in total. The van der Waals surface area contributed by atoms with Gasteiger partial charge < -0.3 is 4.98 Å². The fraction of sp³-hybridized carbons (Fsp3) is 0.500. The number of fused-ring (bicyclic) bond motifs is 1. The van der Waals surface area contributed by atoms with Crippen LogP contribution in [-0.2, 0) is 6.42 Å². The van der Waals surface area contributed by atoms with Crippen molar-refractivity contribution in [2.24, 2.45) is 5.92 Å². The standard InChI is InChI=1S/C14H20N2/c1-9(2)5-8-13-15-12-7-6-10(3)11(4)14(12)16-13/h6-7,9H,5,8H2,1-4H3,(H,15,16). The number of aromatic nitrogens is 2. The number of rotatable bonds is 3. The molecule has 0 bridgehead atoms. The lowest BCUT2D eigenvalue weighted by atomic mass is 10.1. The fourth-order valence-corrected chi connectivity index (χ4v) is 1.91. The second-order valence-corrected chi connectivity index (χ2v) is 5.02. The number of H-pyrrole nitrogens is 1. The Kier molecular flexibility index (Phi) is 2.99. The first-order valence-corrected chi connectivity index (χ1v) is 6.02. The number of hydrogen-bond acceptors (Lipinski definition) is 1. The molecule has 2 rings (SSSR count). The summed E-state index contributed by atoms with van der Waals surface area (Å²) in [5.74, 6) is 1.86. The van der Waals surface area contributed by atoms with E-state index in [2.05, 4.69) is 49.8 Å². The average molecular weight is 216 g/mol. The van der Waals surface area contributed by atoms with Gasteiger partial charge >= 0.3 is 0 Å². The molecule has 0 radical (unpaired) electrons. The lowest BCUT2D eigenvalue weighted by Crippen LogP contribution is -1.93. The summed E-state index contributed by atoms with van der Waals surface area (Å²) >= 11 is 0. The molecule has 86 valence electrons. The van der Waals surface area contributed by atoms with Gasteiger partial charge in [0.1, 0.15) is 5.82 Å². The highest BCUT2D eigenvalue weighted by Crippen LogP contribution is 2.20. The van der Waals surface area contributed by atoms with E-state index in [9.17, 15) is 0 Å². The van der Waals surface area contributed by atoms with Crippen molar-refractivity contribution in [3.8, 4) is 0 Å². The third-order valence-electron chi connectivity index (χ3n) is 3.19. The van der Waals surface area contributed by atoms with E-state index in [1.165, 1.54) is 23.1 Å². The molecule has 1 aromatic carbocycles. The van der Waals surface area contributed by atoms with E-state index in [0.29, 0.717) is 0 Å². The molecular weight excluding hydrogens is 196 g/mol. The third kappa shape index (κ3) is 2.11. The van der Waals surface area contributed by atoms with Gasteiger partial charge in [-0.3, -0.25) is 0 Å². The van der Waals surface area contributed by atoms with Gasteiger partial charge in [-0.2, -0.15) is 0 Å². The van der Waals surface area contributed by atoms with Gasteiger partial charge in [0, 0.05) is 6.42 Å². The predicted octanol–water partition coefficient (Wildman–Crippen LogP) is 3.77. The van der Waals surface area contributed by atoms with Crippen molar-refractivity contribution >= 4 is 11.0 Å². The van der Waals surface area contributed by atoms with E-state index >= 15 is 0 Å². The fourth-order valence-electron chi connectivity index (χ4n) is 1.91. The minimum Gasteiger partial charge on any atom is -0.342 e. The van der Waals surface area contributed by atoms with Crippen molar-refractivity contribution in [1.82, 2.24) is 9.97 Å². The monoisotopic (exact) mass is 216 g/mol. The minimum absolute atomic E-state index is 0.732. The van der Waals surface area contributed by atoms with Crippen molar-refractivity contribution in [3.63, 3.8) is 0 Å². The number of aryl methyl sites for hydroxylation is 3. The van der Waals surface area contributed by atoms with Gasteiger partial charge in [0.15, 0.2) is 0 Å². The van der Waals surface area contributed by atoms with Crippen LogP contribution in [0.4, 0.5) is 0 Å². The smallest absolute Gasteiger partial charge is 0.107 e. The van der Waals surface area contributed by atoms with E-state index in [0.717, 1.165) is 23.7 Å². The van der Waals surface area contributed by atoms with Crippen molar-refractivity contribution in [2.45, 2.75) is 40.5 Å². The van der Waals surface area contributed by atoms with Crippen LogP contribution in [0.2, 0.25) is 0 Å². The van der Waals surface area contributed by atoms with Crippen LogP contribution in [0.1, 0.15) is 37.2 Å². The number of nitrogens with one attached hydrogen (secondary N) is 1. The Morgan fingerprint density at radius 1 is 1.25 bits per heavy atom. The quantitative estimate of drug-likeness (QED) is 0.831. The van der Waals surface area contributed by atoms with E-state index in [1.54, 1.807) is 0 Å². The molecule has 0 atom stereocenters. The summed E-state index contributed by atoms with van der Waals surface area (Å²) in [6, 6.07) is 4.28. The molecule has 2 aromatic rings. The highest BCUT2D eigenvalue weighted by atomic mass is 14.9. The van der Waals surface area contributed by atoms with Gasteiger partial charge in [-0.15, -0.1) is 0 Å². The van der Waals surface area contributed by atoms with Gasteiger partial charge in [0.2, 0.25) is 0 Å². The Hall–Kier alpha value is -1.31. The SMILES string of the molecule is Cc1ccc2[nH]c(CCC(C)C)nc2c1C. The van der Waals surface area contributed by atoms with Crippen LogP contribution < -0.4 is 0 Å². The zero-order valence-corrected chi connectivity index (χ0v) is 10.6. The molecule has 0 aliphatic carbocycles. The van der Waals surface area contributed by atoms with Gasteiger partial charge in [-0.05, 0) is 43.4 Å². The van der Waals surface area contributed by atoms with Crippen LogP contribution in [0.3, 0.4) is 0 Å². The maximum atomic E-state index is 4.69. The van der Waals surface area contributed by atoms with E-state index in [4.69, 9.17) is 0 Å². The number of nitrogens with zero attached hydrogens (tertiary/aromatic N) is 1. The maximum Gasteiger partial charge on any atom is 0.107 e. The summed E-state index contributed by atoms with van der Waals surface area (Å²) in [5.41, 5.74) is 4.92. The second-order valence-electron chi connectivity index (χ2n) is 5.02. The second kappa shape index (κ2) is 4.28. The van der Waals surface area contributed by atoms with Gasteiger partial charge in [0.05, 0.1) is 11.0 Å². The zero-order chi connectivity index (χ0) is 11.7. The normalized spacial score (nSPS) is 11.6. The highest BCUT2D eigenvalue weighted by Gasteiger charge is 2.07. The summed E-state index contributed by atoms with van der Waals surface area (Å²) in [7, 11) is 0. The molecule has 0 unspecified atom stereocenters. The van der Waals surface area contributed by atoms with Crippen molar-refractivity contribution in [2.75, 3.05) is 0 Å². The van der Waals surface area contributed by atoms with E-state index in [-0.39, 0.29) is 0 Å². The number of benzene rings is 1. The summed E-state index contributed by atoms with van der Waals surface area (Å²) in [6.45, 7) is 8.78. The van der Waals surface area contributed by atoms with Crippen molar-refractivity contribution in [3.05, 3.63) is 29.1 Å². The minimum atomic E-state index is 0.732. The topological polar surface area (TPSA) is 28.7 Å². The van der Waals surface area contributed by atoms with Gasteiger partial charge in [0.25, 0.3) is 0 Å².